The van der Waals surface area contributed by atoms with Gasteiger partial charge in [0.05, 0.1) is 79.3 Å². The van der Waals surface area contributed by atoms with E-state index < -0.39 is 0 Å². The van der Waals surface area contributed by atoms with E-state index in [0.29, 0.717) is 0 Å². The summed E-state index contributed by atoms with van der Waals surface area (Å²) in [5.74, 6) is 0.911. The Morgan fingerprint density at radius 3 is 0.942 bits per heavy atom. The van der Waals surface area contributed by atoms with E-state index in [4.69, 9.17) is 4.98 Å². The topological polar surface area (TPSA) is 30.8 Å². The summed E-state index contributed by atoms with van der Waals surface area (Å²) in [6.07, 6.45) is 0. The van der Waals surface area contributed by atoms with E-state index in [1.165, 1.54) is 44.5 Å². The second-order valence-corrected chi connectivity index (χ2v) is 26.0. The maximum Gasteiger partial charge on any atom is 0.140 e. The Labute approximate surface area is 505 Å². The first-order chi connectivity index (χ1) is 41.7. The second-order valence-electron chi connectivity index (χ2n) is 26.0. The molecular formula is C80H68N6. The van der Waals surface area contributed by atoms with Gasteiger partial charge in [-0.05, 0) is 123 Å². The third-order valence-electron chi connectivity index (χ3n) is 19.9. The summed E-state index contributed by atoms with van der Waals surface area (Å²) in [6, 6.07) is 93.6. The van der Waals surface area contributed by atoms with Crippen LogP contribution >= 0.6 is 0 Å². The van der Waals surface area contributed by atoms with E-state index in [0.717, 1.165) is 102 Å². The SMILES string of the molecule is Cn1c(-c2cccc(-c3cc(N4c5ccccc5C(C)(C)c5ccccc54)c(N4c5ccccc5C(C)(C)c5ccccc54)c(N4c5ccccc5C(C)(C)c5ccccc54)c3N3c4ccccc4C(C)(C)c4ccccc43)c2)nc2ccccc21. The van der Waals surface area contributed by atoms with Crippen LogP contribution in [0.15, 0.2) is 249 Å². The first-order valence-corrected chi connectivity index (χ1v) is 30.4. The van der Waals surface area contributed by atoms with Gasteiger partial charge in [-0.15, -0.1) is 0 Å². The van der Waals surface area contributed by atoms with Gasteiger partial charge in [-0.25, -0.2) is 4.98 Å². The number of imidazole rings is 1. The number of aromatic nitrogens is 2. The molecule has 0 amide bonds. The molecule has 4 aliphatic rings. The number of nitrogens with zero attached hydrogens (tertiary/aromatic N) is 6. The lowest BCUT2D eigenvalue weighted by molar-refractivity contribution is 0.629. The number of hydrogen-bond donors (Lipinski definition) is 0. The summed E-state index contributed by atoms with van der Waals surface area (Å²) in [5.41, 5.74) is 27.2. The van der Waals surface area contributed by atoms with Crippen LogP contribution in [0.25, 0.3) is 33.5 Å². The fraction of sp³-hybridized carbons (Fsp3) is 0.163. The zero-order valence-electron chi connectivity index (χ0n) is 50.4. The van der Waals surface area contributed by atoms with Gasteiger partial charge in [-0.2, -0.15) is 0 Å². The first kappa shape index (κ1) is 51.7. The maximum absolute atomic E-state index is 5.37. The van der Waals surface area contributed by atoms with E-state index >= 15 is 0 Å². The zero-order chi connectivity index (χ0) is 58.6. The molecule has 0 saturated heterocycles. The number of rotatable bonds is 6. The smallest absolute Gasteiger partial charge is 0.140 e. The summed E-state index contributed by atoms with van der Waals surface area (Å²) in [4.78, 5) is 16.0. The van der Waals surface area contributed by atoms with Crippen LogP contribution < -0.4 is 19.6 Å². The van der Waals surface area contributed by atoms with Gasteiger partial charge in [0.25, 0.3) is 0 Å². The fourth-order valence-electron chi connectivity index (χ4n) is 15.6. The van der Waals surface area contributed by atoms with Crippen LogP contribution in [0.4, 0.5) is 68.2 Å². The summed E-state index contributed by atoms with van der Waals surface area (Å²) in [6.45, 7) is 19.2. The average Bonchev–Trinajstić information content (AvgIpc) is 0.818. The molecule has 0 fully saturated rings. The van der Waals surface area contributed by atoms with Crippen molar-refractivity contribution in [1.29, 1.82) is 0 Å². The molecule has 6 heteroatoms. The van der Waals surface area contributed by atoms with Gasteiger partial charge in [0.1, 0.15) is 5.82 Å². The van der Waals surface area contributed by atoms with Crippen LogP contribution in [-0.2, 0) is 28.7 Å². The van der Waals surface area contributed by atoms with Gasteiger partial charge in [0.15, 0.2) is 0 Å². The molecule has 0 spiro atoms. The van der Waals surface area contributed by atoms with E-state index in [-0.39, 0.29) is 21.7 Å². The van der Waals surface area contributed by atoms with Crippen molar-refractivity contribution in [3.63, 3.8) is 0 Å². The van der Waals surface area contributed by atoms with Crippen LogP contribution in [0.3, 0.4) is 0 Å². The highest BCUT2D eigenvalue weighted by atomic mass is 15.3. The molecule has 0 radical (unpaired) electrons. The lowest BCUT2D eigenvalue weighted by Crippen LogP contribution is -2.36. The summed E-state index contributed by atoms with van der Waals surface area (Å²) >= 11 is 0. The predicted octanol–water partition coefficient (Wildman–Crippen LogP) is 21.3. The van der Waals surface area contributed by atoms with E-state index in [9.17, 15) is 0 Å². The molecular weight excluding hydrogens is 1040 g/mol. The summed E-state index contributed by atoms with van der Waals surface area (Å²) in [7, 11) is 2.15. The zero-order valence-corrected chi connectivity index (χ0v) is 50.4. The highest BCUT2D eigenvalue weighted by Gasteiger charge is 2.48. The Morgan fingerprint density at radius 1 is 0.267 bits per heavy atom. The molecule has 4 aliphatic heterocycles. The number of para-hydroxylation sites is 10. The molecule has 0 saturated carbocycles. The Morgan fingerprint density at radius 2 is 0.570 bits per heavy atom. The van der Waals surface area contributed by atoms with Crippen molar-refractivity contribution < 1.29 is 0 Å². The van der Waals surface area contributed by atoms with Gasteiger partial charge in [-0.1, -0.05) is 231 Å². The molecule has 16 rings (SSSR count). The normalized spacial score (nSPS) is 16.0. The number of fused-ring (bicyclic) bond motifs is 9. The third kappa shape index (κ3) is 7.16. The van der Waals surface area contributed by atoms with E-state index in [1.54, 1.807) is 0 Å². The van der Waals surface area contributed by atoms with Crippen molar-refractivity contribution in [1.82, 2.24) is 9.55 Å². The van der Waals surface area contributed by atoms with Gasteiger partial charge in [0, 0.05) is 39.8 Å². The van der Waals surface area contributed by atoms with Crippen molar-refractivity contribution in [3.05, 3.63) is 293 Å². The summed E-state index contributed by atoms with van der Waals surface area (Å²) in [5, 5.41) is 0. The maximum atomic E-state index is 5.37. The predicted molar refractivity (Wildman–Crippen MR) is 359 cm³/mol. The van der Waals surface area contributed by atoms with E-state index in [2.05, 4.69) is 335 Å². The molecule has 0 unspecified atom stereocenters. The first-order valence-electron chi connectivity index (χ1n) is 30.4. The number of anilines is 12. The standard InChI is InChI=1S/C80H68N6/c1-77(2)54-31-10-19-40-63(54)83(64-41-20-11-32-55(64)77)72-50-53(51-29-28-30-52(49-51)76-81-62-39-18-27-48-71(62)82(76)9)73(84-65-42-21-12-33-56(65)78(3,4)57-34-13-22-43-66(57)84)75(86-69-46-25-16-37-60(69)80(7,8)61-38-17-26-47-70(61)86)74(72)85-67-44-23-14-35-58(67)79(5,6)59-36-15-24-45-68(59)85/h10-50H,1-9H3. The van der Waals surface area contributed by atoms with Gasteiger partial charge in [0.2, 0.25) is 0 Å². The summed E-state index contributed by atoms with van der Waals surface area (Å²) < 4.78 is 2.24. The Hall–Kier alpha value is -9.91. The third-order valence-corrected chi connectivity index (χ3v) is 19.9. The fourth-order valence-corrected chi connectivity index (χ4v) is 15.6. The largest absolute Gasteiger partial charge is 0.327 e. The van der Waals surface area contributed by atoms with Crippen LogP contribution in [0.1, 0.15) is 99.9 Å². The van der Waals surface area contributed by atoms with Gasteiger partial charge in [-0.3, -0.25) is 0 Å². The minimum Gasteiger partial charge on any atom is -0.327 e. The van der Waals surface area contributed by atoms with Gasteiger partial charge >= 0.3 is 0 Å². The lowest BCUT2D eigenvalue weighted by Gasteiger charge is -2.50. The van der Waals surface area contributed by atoms with Crippen molar-refractivity contribution >= 4 is 79.3 Å². The molecule has 86 heavy (non-hydrogen) atoms. The van der Waals surface area contributed by atoms with Crippen LogP contribution in [-0.4, -0.2) is 9.55 Å². The monoisotopic (exact) mass is 1110 g/mol. The quantitative estimate of drug-likeness (QED) is 0.166. The van der Waals surface area contributed by atoms with Crippen molar-refractivity contribution in [2.45, 2.75) is 77.0 Å². The molecule has 11 aromatic carbocycles. The average molecular weight is 1110 g/mol. The molecule has 0 aliphatic carbocycles. The second kappa shape index (κ2) is 18.5. The molecule has 0 atom stereocenters. The van der Waals surface area contributed by atoms with Crippen LogP contribution in [0.2, 0.25) is 0 Å². The van der Waals surface area contributed by atoms with Crippen molar-refractivity contribution in [2.24, 2.45) is 7.05 Å². The molecule has 0 bridgehead atoms. The number of aryl methyl sites for hydroxylation is 1. The Bertz CT molecular complexity index is 4580. The molecule has 12 aromatic rings. The minimum absolute atomic E-state index is 0.325. The molecule has 0 N–H and O–H groups in total. The molecule has 5 heterocycles. The van der Waals surface area contributed by atoms with Crippen LogP contribution in [0, 0.1) is 0 Å². The highest BCUT2D eigenvalue weighted by Crippen LogP contribution is 2.68. The number of benzene rings is 11. The van der Waals surface area contributed by atoms with Crippen LogP contribution in [0.5, 0.6) is 0 Å². The van der Waals surface area contributed by atoms with E-state index in [1.807, 2.05) is 0 Å². The highest BCUT2D eigenvalue weighted by molar-refractivity contribution is 6.15. The lowest BCUT2D eigenvalue weighted by atomic mass is 9.72. The Balaban J connectivity index is 1.18. The molecule has 418 valence electrons. The van der Waals surface area contributed by atoms with Crippen molar-refractivity contribution in [3.8, 4) is 22.5 Å². The molecule has 6 nitrogen and oxygen atoms in total. The van der Waals surface area contributed by atoms with Gasteiger partial charge < -0.3 is 24.2 Å². The Kier molecular flexibility index (Phi) is 11.1. The molecule has 1 aromatic heterocycles. The minimum atomic E-state index is -0.358. The number of hydrogen-bond acceptors (Lipinski definition) is 5. The van der Waals surface area contributed by atoms with Crippen molar-refractivity contribution in [2.75, 3.05) is 19.6 Å².